The third-order valence-electron chi connectivity index (χ3n) is 5.56. The normalized spacial score (nSPS) is 22.9. The topological polar surface area (TPSA) is 86.8 Å². The van der Waals surface area contributed by atoms with Crippen LogP contribution in [0.2, 0.25) is 0 Å². The molecule has 0 radical (unpaired) electrons. The lowest BCUT2D eigenvalue weighted by atomic mass is 10.0. The molecule has 7 nitrogen and oxygen atoms in total. The molecule has 0 aliphatic carbocycles. The van der Waals surface area contributed by atoms with E-state index in [2.05, 4.69) is 10.2 Å². The smallest absolute Gasteiger partial charge is 0.261 e. The summed E-state index contributed by atoms with van der Waals surface area (Å²) in [5, 5.41) is 3.09. The first-order valence-corrected chi connectivity index (χ1v) is 12.5. The van der Waals surface area contributed by atoms with Gasteiger partial charge in [-0.05, 0) is 45.2 Å². The van der Waals surface area contributed by atoms with Crippen molar-refractivity contribution in [3.8, 4) is 0 Å². The summed E-state index contributed by atoms with van der Waals surface area (Å²) in [7, 11) is -3.00. The van der Waals surface area contributed by atoms with Crippen LogP contribution in [-0.2, 0) is 14.6 Å². The molecular formula is C19H29N3O4S2. The van der Waals surface area contributed by atoms with Gasteiger partial charge in [0.05, 0.1) is 22.9 Å². The summed E-state index contributed by atoms with van der Waals surface area (Å²) < 4.78 is 23.4. The van der Waals surface area contributed by atoms with E-state index < -0.39 is 9.84 Å². The molecule has 3 heterocycles. The van der Waals surface area contributed by atoms with Crippen LogP contribution in [0.4, 0.5) is 0 Å². The Bertz CT molecular complexity index is 813. The number of thiophene rings is 1. The van der Waals surface area contributed by atoms with Gasteiger partial charge in [0.25, 0.3) is 5.91 Å². The molecule has 1 atom stereocenters. The Hall–Kier alpha value is -1.45. The minimum atomic E-state index is -3.00. The van der Waals surface area contributed by atoms with Crippen molar-refractivity contribution in [2.24, 2.45) is 0 Å². The SMILES string of the molecule is CCN(C(=O)CN1CCC(NC(=O)c2ccc(C)s2)CC1)C1CCS(=O)(=O)C1. The van der Waals surface area contributed by atoms with Crippen LogP contribution in [0.1, 0.15) is 40.7 Å². The fraction of sp³-hybridized carbons (Fsp3) is 0.684. The first-order valence-electron chi connectivity index (χ1n) is 9.87. The van der Waals surface area contributed by atoms with Gasteiger partial charge in [-0.2, -0.15) is 0 Å². The molecule has 28 heavy (non-hydrogen) atoms. The van der Waals surface area contributed by atoms with Crippen molar-refractivity contribution in [1.29, 1.82) is 0 Å². The van der Waals surface area contributed by atoms with Gasteiger partial charge in [0.1, 0.15) is 0 Å². The van der Waals surface area contributed by atoms with Gasteiger partial charge in [-0.3, -0.25) is 14.5 Å². The second kappa shape index (κ2) is 8.92. The second-order valence-corrected chi connectivity index (χ2v) is 11.2. The van der Waals surface area contributed by atoms with Crippen LogP contribution >= 0.6 is 11.3 Å². The number of nitrogens with zero attached hydrogens (tertiary/aromatic N) is 2. The molecule has 0 spiro atoms. The number of sulfone groups is 1. The second-order valence-electron chi connectivity index (χ2n) is 7.67. The standard InChI is InChI=1S/C19H29N3O4S2/c1-3-22(16-8-11-28(25,26)13-16)18(23)12-21-9-6-15(7-10-21)20-19(24)17-5-4-14(2)27-17/h4-5,15-16H,3,6-13H2,1-2H3,(H,20,24). The predicted octanol–water partition coefficient (Wildman–Crippen LogP) is 1.29. The molecule has 2 aliphatic heterocycles. The number of hydrogen-bond donors (Lipinski definition) is 1. The predicted molar refractivity (Wildman–Crippen MR) is 110 cm³/mol. The molecule has 3 rings (SSSR count). The fourth-order valence-corrected chi connectivity index (χ4v) is 6.49. The number of carbonyl (C=O) groups is 2. The summed E-state index contributed by atoms with van der Waals surface area (Å²) >= 11 is 1.50. The lowest BCUT2D eigenvalue weighted by molar-refractivity contribution is -0.134. The van der Waals surface area contributed by atoms with Crippen molar-refractivity contribution in [1.82, 2.24) is 15.1 Å². The Balaban J connectivity index is 1.45. The minimum absolute atomic E-state index is 0.00106. The molecule has 2 fully saturated rings. The molecule has 2 aliphatic rings. The summed E-state index contributed by atoms with van der Waals surface area (Å²) in [5.74, 6) is 0.243. The summed E-state index contributed by atoms with van der Waals surface area (Å²) in [6.07, 6.45) is 2.17. The molecule has 1 unspecified atom stereocenters. The van der Waals surface area contributed by atoms with E-state index in [-0.39, 0.29) is 35.4 Å². The van der Waals surface area contributed by atoms with Gasteiger partial charge in [0.2, 0.25) is 5.91 Å². The summed E-state index contributed by atoms with van der Waals surface area (Å²) in [4.78, 5) is 30.7. The van der Waals surface area contributed by atoms with E-state index in [4.69, 9.17) is 0 Å². The third-order valence-corrected chi connectivity index (χ3v) is 8.31. The maximum Gasteiger partial charge on any atom is 0.261 e. The molecule has 2 amide bonds. The largest absolute Gasteiger partial charge is 0.349 e. The fourth-order valence-electron chi connectivity index (χ4n) is 3.99. The highest BCUT2D eigenvalue weighted by Gasteiger charge is 2.34. The molecule has 0 bridgehead atoms. The van der Waals surface area contributed by atoms with E-state index >= 15 is 0 Å². The monoisotopic (exact) mass is 427 g/mol. The molecule has 1 aromatic rings. The first-order chi connectivity index (χ1) is 13.3. The Labute approximate surface area is 171 Å². The number of rotatable bonds is 6. The van der Waals surface area contributed by atoms with E-state index in [1.165, 1.54) is 11.3 Å². The summed E-state index contributed by atoms with van der Waals surface area (Å²) in [5.41, 5.74) is 0. The lowest BCUT2D eigenvalue weighted by Gasteiger charge is -2.34. The Morgan fingerprint density at radius 3 is 2.50 bits per heavy atom. The average molecular weight is 428 g/mol. The highest BCUT2D eigenvalue weighted by Crippen LogP contribution is 2.19. The van der Waals surface area contributed by atoms with Crippen molar-refractivity contribution >= 4 is 33.0 Å². The number of nitrogens with one attached hydrogen (secondary N) is 1. The highest BCUT2D eigenvalue weighted by molar-refractivity contribution is 7.91. The van der Waals surface area contributed by atoms with Crippen LogP contribution in [0, 0.1) is 6.92 Å². The zero-order chi connectivity index (χ0) is 20.3. The number of amides is 2. The van der Waals surface area contributed by atoms with Gasteiger partial charge in [-0.25, -0.2) is 8.42 Å². The Morgan fingerprint density at radius 1 is 1.25 bits per heavy atom. The van der Waals surface area contributed by atoms with Gasteiger partial charge in [-0.15, -0.1) is 11.3 Å². The molecule has 156 valence electrons. The molecule has 2 saturated heterocycles. The molecule has 0 saturated carbocycles. The van der Waals surface area contributed by atoms with Crippen molar-refractivity contribution in [2.75, 3.05) is 37.7 Å². The van der Waals surface area contributed by atoms with E-state index in [1.807, 2.05) is 26.0 Å². The number of likely N-dealkylation sites (N-methyl/N-ethyl adjacent to an activating group) is 1. The molecule has 9 heteroatoms. The molecule has 0 aromatic carbocycles. The third kappa shape index (κ3) is 5.33. The minimum Gasteiger partial charge on any atom is -0.349 e. The van der Waals surface area contributed by atoms with Gasteiger partial charge in [0.15, 0.2) is 9.84 Å². The quantitative estimate of drug-likeness (QED) is 0.739. The summed E-state index contributed by atoms with van der Waals surface area (Å²) in [6, 6.07) is 3.74. The highest BCUT2D eigenvalue weighted by atomic mass is 32.2. The molecular weight excluding hydrogens is 398 g/mol. The van der Waals surface area contributed by atoms with Crippen LogP contribution < -0.4 is 5.32 Å². The van der Waals surface area contributed by atoms with Crippen LogP contribution in [0.5, 0.6) is 0 Å². The van der Waals surface area contributed by atoms with Crippen molar-refractivity contribution in [3.63, 3.8) is 0 Å². The van der Waals surface area contributed by atoms with Crippen LogP contribution in [-0.4, -0.2) is 79.8 Å². The number of likely N-dealkylation sites (tertiary alicyclic amines) is 1. The Kier molecular flexibility index (Phi) is 6.77. The van der Waals surface area contributed by atoms with Crippen molar-refractivity contribution < 1.29 is 18.0 Å². The van der Waals surface area contributed by atoms with E-state index in [0.717, 1.165) is 35.7 Å². The van der Waals surface area contributed by atoms with E-state index in [1.54, 1.807) is 4.90 Å². The van der Waals surface area contributed by atoms with Gasteiger partial charge in [-0.1, -0.05) is 0 Å². The van der Waals surface area contributed by atoms with Crippen LogP contribution in [0.15, 0.2) is 12.1 Å². The maximum atomic E-state index is 12.7. The zero-order valence-corrected chi connectivity index (χ0v) is 18.2. The van der Waals surface area contributed by atoms with Crippen LogP contribution in [0.25, 0.3) is 0 Å². The zero-order valence-electron chi connectivity index (χ0n) is 16.5. The van der Waals surface area contributed by atoms with Gasteiger partial charge >= 0.3 is 0 Å². The van der Waals surface area contributed by atoms with E-state index in [0.29, 0.717) is 19.5 Å². The summed E-state index contributed by atoms with van der Waals surface area (Å²) in [6.45, 7) is 6.23. The maximum absolute atomic E-state index is 12.7. The average Bonchev–Trinajstić information content (AvgIpc) is 3.23. The number of hydrogen-bond acceptors (Lipinski definition) is 6. The first kappa shape index (κ1) is 21.3. The number of aryl methyl sites for hydroxylation is 1. The number of carbonyl (C=O) groups excluding carboxylic acids is 2. The number of piperidine rings is 1. The molecule has 1 N–H and O–H groups in total. The molecule has 1 aromatic heterocycles. The van der Waals surface area contributed by atoms with Gasteiger partial charge < -0.3 is 10.2 Å². The van der Waals surface area contributed by atoms with Crippen molar-refractivity contribution in [2.45, 2.75) is 45.2 Å². The van der Waals surface area contributed by atoms with Gasteiger partial charge in [0, 0.05) is 36.6 Å². The Morgan fingerprint density at radius 2 is 1.96 bits per heavy atom. The van der Waals surface area contributed by atoms with Crippen LogP contribution in [0.3, 0.4) is 0 Å². The van der Waals surface area contributed by atoms with Crippen molar-refractivity contribution in [3.05, 3.63) is 21.9 Å². The van der Waals surface area contributed by atoms with E-state index in [9.17, 15) is 18.0 Å². The lowest BCUT2D eigenvalue weighted by Crippen LogP contribution is -2.50.